The van der Waals surface area contributed by atoms with Crippen LogP contribution in [0.15, 0.2) is 47.3 Å². The van der Waals surface area contributed by atoms with Crippen LogP contribution in [0, 0.1) is 0 Å². The van der Waals surface area contributed by atoms with Crippen LogP contribution in [0.1, 0.15) is 19.4 Å². The summed E-state index contributed by atoms with van der Waals surface area (Å²) in [4.78, 5) is 23.8. The number of ketones is 1. The molecule has 29 heavy (non-hydrogen) atoms. The van der Waals surface area contributed by atoms with E-state index < -0.39 is 29.5 Å². The number of aromatic nitrogens is 2. The molecule has 0 aliphatic rings. The number of halogens is 6. The molecule has 0 aliphatic heterocycles. The minimum absolute atomic E-state index is 0.0459. The Balaban J connectivity index is 0.000000687. The van der Waals surface area contributed by atoms with Gasteiger partial charge in [0.2, 0.25) is 0 Å². The van der Waals surface area contributed by atoms with Crippen LogP contribution in [0.2, 0.25) is 0 Å². The zero-order valence-electron chi connectivity index (χ0n) is 15.0. The second-order valence-electron chi connectivity index (χ2n) is 5.95. The van der Waals surface area contributed by atoms with Crippen molar-refractivity contribution in [2.24, 2.45) is 0 Å². The molecule has 0 saturated heterocycles. The Kier molecular flexibility index (Phi) is 6.10. The number of nitrogens with zero attached hydrogens (tertiary/aromatic N) is 1. The van der Waals surface area contributed by atoms with Crippen LogP contribution in [-0.4, -0.2) is 21.7 Å². The van der Waals surface area contributed by atoms with E-state index in [0.717, 1.165) is 34.9 Å². The zero-order valence-corrected chi connectivity index (χ0v) is 15.0. The molecule has 2 aromatic carbocycles. The summed E-state index contributed by atoms with van der Waals surface area (Å²) in [7, 11) is 0. The first-order valence-electron chi connectivity index (χ1n) is 7.93. The van der Waals surface area contributed by atoms with Crippen LogP contribution in [0.25, 0.3) is 16.7 Å². The standard InChI is InChI=1S/C15H8F6N2O2.C3H6O/c16-14(17,18)8-1-6-12-11(7-8)22-13(24)23(12)9-2-4-10(5-3-9)25-15(19,20)21;1-3(2)4/h1-7H,(H,22,24);1-2H3. The van der Waals surface area contributed by atoms with E-state index >= 15 is 0 Å². The molecule has 0 amide bonds. The molecule has 5 nitrogen and oxygen atoms in total. The van der Waals surface area contributed by atoms with Gasteiger partial charge in [-0.25, -0.2) is 4.79 Å². The number of alkyl halides is 6. The molecular weight excluding hydrogens is 406 g/mol. The van der Waals surface area contributed by atoms with E-state index in [-0.39, 0.29) is 22.5 Å². The molecule has 11 heteroatoms. The van der Waals surface area contributed by atoms with Crippen LogP contribution >= 0.6 is 0 Å². The van der Waals surface area contributed by atoms with Crippen LogP contribution in [0.5, 0.6) is 5.75 Å². The van der Waals surface area contributed by atoms with Gasteiger partial charge >= 0.3 is 18.2 Å². The highest BCUT2D eigenvalue weighted by atomic mass is 19.4. The summed E-state index contributed by atoms with van der Waals surface area (Å²) in [6.45, 7) is 3.06. The maximum absolute atomic E-state index is 12.7. The predicted octanol–water partition coefficient (Wildman–Crippen LogP) is 4.83. The van der Waals surface area contributed by atoms with E-state index in [1.807, 2.05) is 0 Å². The summed E-state index contributed by atoms with van der Waals surface area (Å²) in [5.74, 6) is -0.316. The Morgan fingerprint density at radius 3 is 2.00 bits per heavy atom. The number of benzene rings is 2. The maximum atomic E-state index is 12.7. The Morgan fingerprint density at radius 2 is 1.52 bits per heavy atom. The molecule has 0 fully saturated rings. The zero-order chi connectivity index (χ0) is 22.0. The maximum Gasteiger partial charge on any atom is 0.573 e. The Bertz CT molecular complexity index is 1060. The topological polar surface area (TPSA) is 64.1 Å². The van der Waals surface area contributed by atoms with Crippen LogP contribution in [0.4, 0.5) is 26.3 Å². The first-order chi connectivity index (χ1) is 13.3. The molecule has 0 aliphatic carbocycles. The summed E-state index contributed by atoms with van der Waals surface area (Å²) in [5.41, 5.74) is -1.37. The van der Waals surface area contributed by atoms with E-state index in [1.54, 1.807) is 0 Å². The fourth-order valence-corrected chi connectivity index (χ4v) is 2.34. The molecule has 3 rings (SSSR count). The lowest BCUT2D eigenvalue weighted by atomic mass is 10.2. The number of Topliss-reactive ketones (excluding diaryl/α,β-unsaturated/α-hetero) is 1. The number of aromatic amines is 1. The lowest BCUT2D eigenvalue weighted by Crippen LogP contribution is -2.17. The molecule has 3 aromatic rings. The average Bonchev–Trinajstić information content (AvgIpc) is 2.88. The third-order valence-corrected chi connectivity index (χ3v) is 3.34. The summed E-state index contributed by atoms with van der Waals surface area (Å²) < 4.78 is 79.4. The van der Waals surface area contributed by atoms with Crippen molar-refractivity contribution in [3.63, 3.8) is 0 Å². The largest absolute Gasteiger partial charge is 0.573 e. The van der Waals surface area contributed by atoms with Gasteiger partial charge < -0.3 is 14.5 Å². The molecule has 0 spiro atoms. The number of carbonyl (C=O) groups excluding carboxylic acids is 1. The summed E-state index contributed by atoms with van der Waals surface area (Å²) in [5, 5.41) is 0. The van der Waals surface area contributed by atoms with Crippen molar-refractivity contribution in [2.75, 3.05) is 0 Å². The van der Waals surface area contributed by atoms with E-state index in [1.165, 1.54) is 26.0 Å². The number of ether oxygens (including phenoxy) is 1. The van der Waals surface area contributed by atoms with E-state index in [9.17, 15) is 35.9 Å². The molecule has 0 saturated carbocycles. The van der Waals surface area contributed by atoms with Crippen molar-refractivity contribution in [1.29, 1.82) is 0 Å². The quantitative estimate of drug-likeness (QED) is 0.604. The predicted molar refractivity (Wildman–Crippen MR) is 91.9 cm³/mol. The third-order valence-electron chi connectivity index (χ3n) is 3.34. The van der Waals surface area contributed by atoms with Gasteiger partial charge in [-0.3, -0.25) is 4.57 Å². The van der Waals surface area contributed by atoms with Crippen LogP contribution in [-0.2, 0) is 11.0 Å². The van der Waals surface area contributed by atoms with Gasteiger partial charge in [-0.1, -0.05) is 0 Å². The van der Waals surface area contributed by atoms with Gasteiger partial charge in [0.15, 0.2) is 0 Å². The fraction of sp³-hybridized carbons (Fsp3) is 0.222. The third kappa shape index (κ3) is 5.87. The summed E-state index contributed by atoms with van der Waals surface area (Å²) in [6, 6.07) is 7.08. The van der Waals surface area contributed by atoms with E-state index in [0.29, 0.717) is 0 Å². The average molecular weight is 420 g/mol. The highest BCUT2D eigenvalue weighted by Crippen LogP contribution is 2.31. The van der Waals surface area contributed by atoms with Crippen molar-refractivity contribution in [3.05, 3.63) is 58.5 Å². The summed E-state index contributed by atoms with van der Waals surface area (Å²) >= 11 is 0. The number of H-pyrrole nitrogens is 1. The highest BCUT2D eigenvalue weighted by Gasteiger charge is 2.32. The lowest BCUT2D eigenvalue weighted by molar-refractivity contribution is -0.274. The van der Waals surface area contributed by atoms with Gasteiger partial charge in [-0.05, 0) is 56.3 Å². The number of fused-ring (bicyclic) bond motifs is 1. The van der Waals surface area contributed by atoms with Gasteiger partial charge in [-0.2, -0.15) is 13.2 Å². The smallest absolute Gasteiger partial charge is 0.406 e. The lowest BCUT2D eigenvalue weighted by Gasteiger charge is -2.10. The number of imidazole rings is 1. The van der Waals surface area contributed by atoms with Crippen molar-refractivity contribution >= 4 is 16.8 Å². The molecule has 156 valence electrons. The van der Waals surface area contributed by atoms with Gasteiger partial charge in [0.05, 0.1) is 22.3 Å². The Hall–Kier alpha value is -3.24. The summed E-state index contributed by atoms with van der Waals surface area (Å²) in [6.07, 6.45) is -9.42. The number of nitrogens with one attached hydrogen (secondary N) is 1. The molecular formula is C18H14F6N2O3. The van der Waals surface area contributed by atoms with Crippen LogP contribution < -0.4 is 10.4 Å². The van der Waals surface area contributed by atoms with Crippen LogP contribution in [0.3, 0.4) is 0 Å². The minimum atomic E-state index is -4.85. The van der Waals surface area contributed by atoms with Crippen molar-refractivity contribution in [1.82, 2.24) is 9.55 Å². The molecule has 0 unspecified atom stereocenters. The molecule has 0 atom stereocenters. The van der Waals surface area contributed by atoms with Gasteiger partial charge in [0.25, 0.3) is 0 Å². The highest BCUT2D eigenvalue weighted by molar-refractivity contribution is 5.78. The van der Waals surface area contributed by atoms with Gasteiger partial charge in [0.1, 0.15) is 11.5 Å². The van der Waals surface area contributed by atoms with Gasteiger partial charge in [-0.15, -0.1) is 13.2 Å². The SMILES string of the molecule is CC(C)=O.O=c1[nH]c2cc(C(F)(F)F)ccc2n1-c1ccc(OC(F)(F)F)cc1. The van der Waals surface area contributed by atoms with E-state index in [2.05, 4.69) is 9.72 Å². The molecule has 0 bridgehead atoms. The number of hydrogen-bond acceptors (Lipinski definition) is 3. The minimum Gasteiger partial charge on any atom is -0.406 e. The normalized spacial score (nSPS) is 11.7. The second kappa shape index (κ2) is 8.02. The van der Waals surface area contributed by atoms with Gasteiger partial charge in [0, 0.05) is 0 Å². The Labute approximate surface area is 159 Å². The monoisotopic (exact) mass is 420 g/mol. The van der Waals surface area contributed by atoms with Crippen molar-refractivity contribution < 1.29 is 35.9 Å². The van der Waals surface area contributed by atoms with Crippen molar-refractivity contribution in [3.8, 4) is 11.4 Å². The molecule has 1 aromatic heterocycles. The Morgan fingerprint density at radius 1 is 0.966 bits per heavy atom. The molecule has 0 radical (unpaired) electrons. The molecule has 1 N–H and O–H groups in total. The number of carbonyl (C=O) groups is 1. The first-order valence-corrected chi connectivity index (χ1v) is 7.93. The van der Waals surface area contributed by atoms with Crippen molar-refractivity contribution in [2.45, 2.75) is 26.4 Å². The fourth-order valence-electron chi connectivity index (χ4n) is 2.34. The van der Waals surface area contributed by atoms with E-state index in [4.69, 9.17) is 0 Å². The first kappa shape index (κ1) is 22.1. The molecule has 1 heterocycles. The number of rotatable bonds is 2. The second-order valence-corrected chi connectivity index (χ2v) is 5.95. The number of hydrogen-bond donors (Lipinski definition) is 1.